The third kappa shape index (κ3) is 3.20. The van der Waals surface area contributed by atoms with Crippen LogP contribution in [0.4, 0.5) is 5.69 Å². The average molecular weight is 311 g/mol. The molecule has 0 radical (unpaired) electrons. The summed E-state index contributed by atoms with van der Waals surface area (Å²) in [6.07, 6.45) is 6.25. The predicted molar refractivity (Wildman–Crippen MR) is 80.5 cm³/mol. The summed E-state index contributed by atoms with van der Waals surface area (Å²) in [5.74, 6) is 0.606. The van der Waals surface area contributed by atoms with E-state index in [-0.39, 0.29) is 17.5 Å². The molecule has 0 spiro atoms. The van der Waals surface area contributed by atoms with Crippen molar-refractivity contribution in [2.75, 3.05) is 11.9 Å². The Kier molecular flexibility index (Phi) is 4.14. The molecule has 114 valence electrons. The molecular weight excluding hydrogens is 292 g/mol. The Hall–Kier alpha value is -1.56. The summed E-state index contributed by atoms with van der Waals surface area (Å²) in [6, 6.07) is 0.0347. The van der Waals surface area contributed by atoms with E-state index in [4.69, 9.17) is 11.6 Å². The minimum atomic E-state index is -0.175. The van der Waals surface area contributed by atoms with E-state index in [0.717, 1.165) is 12.8 Å². The number of halogens is 1. The van der Waals surface area contributed by atoms with E-state index in [9.17, 15) is 9.59 Å². The number of carbonyl (C=O) groups is 1. The predicted octanol–water partition coefficient (Wildman–Crippen LogP) is 1.39. The highest BCUT2D eigenvalue weighted by atomic mass is 35.5. The molecule has 1 aromatic heterocycles. The summed E-state index contributed by atoms with van der Waals surface area (Å²) in [5.41, 5.74) is 0.221. The fourth-order valence-corrected chi connectivity index (χ4v) is 2.89. The number of piperidine rings is 1. The third-order valence-electron chi connectivity index (χ3n) is 4.27. The molecule has 1 amide bonds. The molecule has 2 aliphatic rings. The molecule has 1 atom stereocenters. The molecule has 1 saturated carbocycles. The van der Waals surface area contributed by atoms with Crippen LogP contribution in [-0.2, 0) is 11.3 Å². The average Bonchev–Trinajstić information content (AvgIpc) is 2.43. The monoisotopic (exact) mass is 310 g/mol. The first-order valence-corrected chi connectivity index (χ1v) is 7.80. The molecule has 1 aromatic rings. The van der Waals surface area contributed by atoms with Gasteiger partial charge in [-0.3, -0.25) is 9.59 Å². The van der Waals surface area contributed by atoms with Gasteiger partial charge >= 0.3 is 0 Å². The number of aromatic nitrogens is 2. The molecule has 6 nitrogen and oxygen atoms in total. The molecule has 2 N–H and O–H groups in total. The van der Waals surface area contributed by atoms with Gasteiger partial charge in [0.1, 0.15) is 5.69 Å². The second-order valence-electron chi connectivity index (χ2n) is 5.84. The fraction of sp³-hybridized carbons (Fsp3) is 0.643. The quantitative estimate of drug-likeness (QED) is 0.881. The number of anilines is 1. The van der Waals surface area contributed by atoms with E-state index in [2.05, 4.69) is 15.7 Å². The van der Waals surface area contributed by atoms with E-state index in [1.165, 1.54) is 17.3 Å². The lowest BCUT2D eigenvalue weighted by Gasteiger charge is -2.27. The van der Waals surface area contributed by atoms with Crippen molar-refractivity contribution in [1.82, 2.24) is 15.1 Å². The van der Waals surface area contributed by atoms with Crippen LogP contribution in [0.2, 0.25) is 5.02 Å². The molecule has 1 unspecified atom stereocenters. The van der Waals surface area contributed by atoms with Crippen molar-refractivity contribution < 1.29 is 4.79 Å². The lowest BCUT2D eigenvalue weighted by Crippen LogP contribution is -2.43. The fourth-order valence-electron chi connectivity index (χ4n) is 2.71. The Morgan fingerprint density at radius 1 is 1.38 bits per heavy atom. The molecule has 1 saturated heterocycles. The molecule has 1 aliphatic carbocycles. The Morgan fingerprint density at radius 3 is 2.81 bits per heavy atom. The van der Waals surface area contributed by atoms with Crippen molar-refractivity contribution in [3.05, 3.63) is 21.6 Å². The molecule has 2 fully saturated rings. The number of hydrogen-bond donors (Lipinski definition) is 2. The second kappa shape index (κ2) is 6.05. The Labute approximate surface area is 127 Å². The standard InChI is InChI=1S/C14H19ClN4O2/c15-11-7-17-19(8-9-2-1-3-9)14(21)13(11)18-10-4-5-12(20)16-6-10/h7,9-10,18H,1-6,8H2,(H,16,20). The zero-order valence-corrected chi connectivity index (χ0v) is 12.5. The van der Waals surface area contributed by atoms with Crippen molar-refractivity contribution in [2.45, 2.75) is 44.7 Å². The number of hydrogen-bond acceptors (Lipinski definition) is 4. The summed E-state index contributed by atoms with van der Waals surface area (Å²) in [4.78, 5) is 23.6. The Balaban J connectivity index is 1.75. The van der Waals surface area contributed by atoms with Crippen LogP contribution in [0.3, 0.4) is 0 Å². The van der Waals surface area contributed by atoms with Gasteiger partial charge in [-0.1, -0.05) is 18.0 Å². The number of carbonyl (C=O) groups excluding carboxylic acids is 1. The topological polar surface area (TPSA) is 76.0 Å². The summed E-state index contributed by atoms with van der Waals surface area (Å²) in [7, 11) is 0. The number of nitrogens with one attached hydrogen (secondary N) is 2. The van der Waals surface area contributed by atoms with Crippen LogP contribution in [0.5, 0.6) is 0 Å². The smallest absolute Gasteiger partial charge is 0.291 e. The van der Waals surface area contributed by atoms with Crippen LogP contribution in [0, 0.1) is 5.92 Å². The molecule has 21 heavy (non-hydrogen) atoms. The van der Waals surface area contributed by atoms with Crippen LogP contribution >= 0.6 is 11.6 Å². The first kappa shape index (κ1) is 14.4. The van der Waals surface area contributed by atoms with Crippen molar-refractivity contribution in [1.29, 1.82) is 0 Å². The van der Waals surface area contributed by atoms with Crippen LogP contribution in [0.25, 0.3) is 0 Å². The largest absolute Gasteiger partial charge is 0.375 e. The summed E-state index contributed by atoms with van der Waals surface area (Å²) in [5, 5.41) is 10.4. The molecule has 1 aliphatic heterocycles. The number of amides is 1. The molecular formula is C14H19ClN4O2. The number of nitrogens with zero attached hydrogens (tertiary/aromatic N) is 2. The van der Waals surface area contributed by atoms with Crippen LogP contribution in [0.1, 0.15) is 32.1 Å². The highest BCUT2D eigenvalue weighted by Crippen LogP contribution is 2.27. The minimum Gasteiger partial charge on any atom is -0.375 e. The lowest BCUT2D eigenvalue weighted by atomic mass is 9.85. The summed E-state index contributed by atoms with van der Waals surface area (Å²) >= 11 is 6.11. The first-order chi connectivity index (χ1) is 10.1. The van der Waals surface area contributed by atoms with Crippen molar-refractivity contribution in [3.63, 3.8) is 0 Å². The van der Waals surface area contributed by atoms with E-state index in [1.54, 1.807) is 0 Å². The normalized spacial score (nSPS) is 22.5. The van der Waals surface area contributed by atoms with Crippen molar-refractivity contribution in [3.8, 4) is 0 Å². The van der Waals surface area contributed by atoms with E-state index in [0.29, 0.717) is 42.6 Å². The van der Waals surface area contributed by atoms with Gasteiger partial charge in [0.25, 0.3) is 5.56 Å². The van der Waals surface area contributed by atoms with Gasteiger partial charge in [0, 0.05) is 25.6 Å². The summed E-state index contributed by atoms with van der Waals surface area (Å²) in [6.45, 7) is 1.17. The van der Waals surface area contributed by atoms with Gasteiger partial charge in [-0.15, -0.1) is 0 Å². The van der Waals surface area contributed by atoms with E-state index >= 15 is 0 Å². The third-order valence-corrected chi connectivity index (χ3v) is 4.55. The maximum Gasteiger partial charge on any atom is 0.291 e. The van der Waals surface area contributed by atoms with Gasteiger partial charge in [0.2, 0.25) is 5.91 Å². The van der Waals surface area contributed by atoms with Crippen molar-refractivity contribution >= 4 is 23.2 Å². The minimum absolute atomic E-state index is 0.0347. The highest BCUT2D eigenvalue weighted by molar-refractivity contribution is 6.33. The maximum atomic E-state index is 12.5. The SMILES string of the molecule is O=C1CCC(Nc2c(Cl)cnn(CC3CCC3)c2=O)CN1. The van der Waals surface area contributed by atoms with E-state index in [1.807, 2.05) is 0 Å². The molecule has 2 heterocycles. The van der Waals surface area contributed by atoms with Crippen LogP contribution in [0.15, 0.2) is 11.0 Å². The first-order valence-electron chi connectivity index (χ1n) is 7.42. The molecule has 3 rings (SSSR count). The Bertz CT molecular complexity index is 587. The maximum absolute atomic E-state index is 12.5. The van der Waals surface area contributed by atoms with Gasteiger partial charge in [0.15, 0.2) is 0 Å². The number of rotatable bonds is 4. The van der Waals surface area contributed by atoms with Gasteiger partial charge in [-0.2, -0.15) is 5.10 Å². The van der Waals surface area contributed by atoms with Crippen LogP contribution in [-0.4, -0.2) is 28.3 Å². The Morgan fingerprint density at radius 2 is 2.19 bits per heavy atom. The van der Waals surface area contributed by atoms with Gasteiger partial charge in [0.05, 0.1) is 11.2 Å². The molecule has 0 aromatic carbocycles. The zero-order chi connectivity index (χ0) is 14.8. The van der Waals surface area contributed by atoms with Crippen LogP contribution < -0.4 is 16.2 Å². The molecule has 7 heteroatoms. The van der Waals surface area contributed by atoms with E-state index < -0.39 is 0 Å². The second-order valence-corrected chi connectivity index (χ2v) is 6.24. The lowest BCUT2D eigenvalue weighted by molar-refractivity contribution is -0.122. The summed E-state index contributed by atoms with van der Waals surface area (Å²) < 4.78 is 1.50. The zero-order valence-electron chi connectivity index (χ0n) is 11.8. The highest BCUT2D eigenvalue weighted by Gasteiger charge is 2.23. The van der Waals surface area contributed by atoms with Gasteiger partial charge in [-0.05, 0) is 25.2 Å². The molecule has 0 bridgehead atoms. The van der Waals surface area contributed by atoms with Gasteiger partial charge in [-0.25, -0.2) is 4.68 Å². The van der Waals surface area contributed by atoms with Gasteiger partial charge < -0.3 is 10.6 Å². The van der Waals surface area contributed by atoms with Crippen molar-refractivity contribution in [2.24, 2.45) is 5.92 Å².